The molecule has 0 saturated heterocycles. The zero-order valence-electron chi connectivity index (χ0n) is 13.8. The highest BCUT2D eigenvalue weighted by molar-refractivity contribution is 5.69. The van der Waals surface area contributed by atoms with Gasteiger partial charge in [0.15, 0.2) is 11.2 Å². The lowest BCUT2D eigenvalue weighted by atomic mass is 9.85. The number of rotatable bonds is 4. The van der Waals surface area contributed by atoms with E-state index in [0.717, 1.165) is 25.7 Å². The van der Waals surface area contributed by atoms with Gasteiger partial charge in [-0.15, -0.1) is 0 Å². The summed E-state index contributed by atoms with van der Waals surface area (Å²) < 4.78 is 4.37. The minimum Gasteiger partial charge on any atom is -0.388 e. The lowest BCUT2D eigenvalue weighted by molar-refractivity contribution is -0.0133. The monoisotopic (exact) mass is 320 g/mol. The fourth-order valence-corrected chi connectivity index (χ4v) is 3.53. The summed E-state index contributed by atoms with van der Waals surface area (Å²) in [6.07, 6.45) is 6.71. The van der Waals surface area contributed by atoms with Crippen molar-refractivity contribution >= 4 is 11.2 Å². The van der Waals surface area contributed by atoms with Gasteiger partial charge in [-0.05, 0) is 19.3 Å². The molecule has 3 rings (SSSR count). The van der Waals surface area contributed by atoms with Crippen molar-refractivity contribution in [2.24, 2.45) is 7.05 Å². The van der Waals surface area contributed by atoms with E-state index in [1.165, 1.54) is 9.13 Å². The molecule has 0 atom stereocenters. The van der Waals surface area contributed by atoms with Crippen molar-refractivity contribution < 1.29 is 5.11 Å². The van der Waals surface area contributed by atoms with Gasteiger partial charge in [-0.2, -0.15) is 0 Å². The Bertz CT molecular complexity index is 824. The summed E-state index contributed by atoms with van der Waals surface area (Å²) in [5, 5.41) is 10.7. The molecule has 1 fully saturated rings. The van der Waals surface area contributed by atoms with E-state index >= 15 is 0 Å². The van der Waals surface area contributed by atoms with Crippen LogP contribution in [0.4, 0.5) is 0 Å². The summed E-state index contributed by atoms with van der Waals surface area (Å²) in [5.41, 5.74) is -0.887. The first-order chi connectivity index (χ1) is 11.0. The van der Waals surface area contributed by atoms with Gasteiger partial charge >= 0.3 is 5.69 Å². The van der Waals surface area contributed by atoms with Crippen molar-refractivity contribution in [2.45, 2.75) is 64.1 Å². The van der Waals surface area contributed by atoms with Crippen LogP contribution in [-0.2, 0) is 20.1 Å². The molecule has 0 bridgehead atoms. The molecule has 7 nitrogen and oxygen atoms in total. The first-order valence-electron chi connectivity index (χ1n) is 8.34. The summed E-state index contributed by atoms with van der Waals surface area (Å²) in [4.78, 5) is 29.6. The van der Waals surface area contributed by atoms with Crippen LogP contribution in [0.1, 0.15) is 45.4 Å². The topological polar surface area (TPSA) is 82.1 Å². The van der Waals surface area contributed by atoms with Gasteiger partial charge in [0, 0.05) is 13.6 Å². The van der Waals surface area contributed by atoms with E-state index in [1.807, 2.05) is 6.92 Å². The van der Waals surface area contributed by atoms with E-state index in [0.29, 0.717) is 30.6 Å². The molecule has 0 spiro atoms. The Labute approximate surface area is 134 Å². The van der Waals surface area contributed by atoms with Crippen molar-refractivity contribution in [1.29, 1.82) is 0 Å². The van der Waals surface area contributed by atoms with Crippen LogP contribution in [0.3, 0.4) is 0 Å². The Morgan fingerprint density at radius 3 is 2.61 bits per heavy atom. The van der Waals surface area contributed by atoms with Crippen LogP contribution in [0, 0.1) is 0 Å². The zero-order chi connectivity index (χ0) is 16.6. The second-order valence-electron chi connectivity index (χ2n) is 6.63. The summed E-state index contributed by atoms with van der Waals surface area (Å²) in [6, 6.07) is 0. The molecule has 1 aliphatic rings. The van der Waals surface area contributed by atoms with Crippen LogP contribution >= 0.6 is 0 Å². The van der Waals surface area contributed by atoms with E-state index < -0.39 is 11.3 Å². The van der Waals surface area contributed by atoms with Crippen molar-refractivity contribution in [1.82, 2.24) is 18.7 Å². The van der Waals surface area contributed by atoms with E-state index in [9.17, 15) is 14.7 Å². The Balaban J connectivity index is 2.14. The van der Waals surface area contributed by atoms with Crippen molar-refractivity contribution in [3.8, 4) is 0 Å². The molecule has 1 aliphatic carbocycles. The highest BCUT2D eigenvalue weighted by atomic mass is 16.3. The molecular formula is C16H24N4O3. The van der Waals surface area contributed by atoms with E-state index in [4.69, 9.17) is 0 Å². The van der Waals surface area contributed by atoms with Crippen molar-refractivity contribution in [2.75, 3.05) is 0 Å². The number of hydrogen-bond acceptors (Lipinski definition) is 4. The average molecular weight is 320 g/mol. The van der Waals surface area contributed by atoms with E-state index in [-0.39, 0.29) is 12.1 Å². The van der Waals surface area contributed by atoms with Crippen molar-refractivity contribution in [3.63, 3.8) is 0 Å². The number of imidazole rings is 1. The molecule has 0 amide bonds. The maximum Gasteiger partial charge on any atom is 0.332 e. The molecule has 23 heavy (non-hydrogen) atoms. The van der Waals surface area contributed by atoms with Gasteiger partial charge < -0.3 is 9.67 Å². The average Bonchev–Trinajstić information content (AvgIpc) is 2.95. The van der Waals surface area contributed by atoms with Crippen LogP contribution in [0.25, 0.3) is 11.2 Å². The second kappa shape index (κ2) is 5.96. The van der Waals surface area contributed by atoms with Gasteiger partial charge in [0.1, 0.15) is 0 Å². The van der Waals surface area contributed by atoms with Gasteiger partial charge in [0.2, 0.25) is 0 Å². The van der Waals surface area contributed by atoms with E-state index in [1.54, 1.807) is 17.9 Å². The third-order valence-electron chi connectivity index (χ3n) is 4.80. The first kappa shape index (κ1) is 16.0. The Kier molecular flexibility index (Phi) is 4.14. The number of aryl methyl sites for hydroxylation is 2. The fraction of sp³-hybridized carbons (Fsp3) is 0.688. The fourth-order valence-electron chi connectivity index (χ4n) is 3.53. The minimum absolute atomic E-state index is 0.0613. The van der Waals surface area contributed by atoms with Gasteiger partial charge in [0.05, 0.1) is 18.5 Å². The van der Waals surface area contributed by atoms with Crippen molar-refractivity contribution in [3.05, 3.63) is 27.2 Å². The molecule has 0 aromatic carbocycles. The normalized spacial score (nSPS) is 17.7. The molecular weight excluding hydrogens is 296 g/mol. The molecule has 1 N–H and O–H groups in total. The molecule has 0 aliphatic heterocycles. The summed E-state index contributed by atoms with van der Waals surface area (Å²) in [6.45, 7) is 2.76. The molecule has 2 aromatic rings. The smallest absolute Gasteiger partial charge is 0.332 e. The van der Waals surface area contributed by atoms with E-state index in [2.05, 4.69) is 4.98 Å². The Morgan fingerprint density at radius 1 is 1.26 bits per heavy atom. The molecule has 126 valence electrons. The number of aromatic nitrogens is 4. The lowest BCUT2D eigenvalue weighted by Gasteiger charge is -2.32. The molecule has 1 saturated carbocycles. The molecule has 2 heterocycles. The zero-order valence-corrected chi connectivity index (χ0v) is 13.8. The highest BCUT2D eigenvalue weighted by Crippen LogP contribution is 2.28. The number of hydrogen-bond donors (Lipinski definition) is 1. The molecule has 7 heteroatoms. The molecule has 2 aromatic heterocycles. The van der Waals surface area contributed by atoms with Gasteiger partial charge in [-0.25, -0.2) is 9.78 Å². The predicted octanol–water partition coefficient (Wildman–Crippen LogP) is 1.00. The standard InChI is InChI=1S/C16H24N4O3/c1-3-9-19-11-17-13-12(19)14(21)20(15(22)18(13)2)10-16(23)7-5-4-6-8-16/h11,23H,3-10H2,1-2H3. The lowest BCUT2D eigenvalue weighted by Crippen LogP contribution is -2.47. The maximum atomic E-state index is 12.9. The minimum atomic E-state index is -0.961. The SMILES string of the molecule is CCCn1cnc2c1c(=O)n(CC1(O)CCCCC1)c(=O)n2C. The number of nitrogens with zero attached hydrogens (tertiary/aromatic N) is 4. The van der Waals surface area contributed by atoms with Crippen LogP contribution < -0.4 is 11.2 Å². The largest absolute Gasteiger partial charge is 0.388 e. The van der Waals surface area contributed by atoms with Crippen LogP contribution in [-0.4, -0.2) is 29.4 Å². The van der Waals surface area contributed by atoms with Gasteiger partial charge in [-0.1, -0.05) is 26.2 Å². The van der Waals surface area contributed by atoms with Crippen LogP contribution in [0.5, 0.6) is 0 Å². The van der Waals surface area contributed by atoms with Gasteiger partial charge in [0.25, 0.3) is 5.56 Å². The van der Waals surface area contributed by atoms with Gasteiger partial charge in [-0.3, -0.25) is 13.9 Å². The molecule has 0 unspecified atom stereocenters. The maximum absolute atomic E-state index is 12.9. The summed E-state index contributed by atoms with van der Waals surface area (Å²) in [7, 11) is 1.62. The quantitative estimate of drug-likeness (QED) is 0.911. The Morgan fingerprint density at radius 2 is 1.96 bits per heavy atom. The summed E-state index contributed by atoms with van der Waals surface area (Å²) in [5.74, 6) is 0. The number of aliphatic hydroxyl groups is 1. The first-order valence-corrected chi connectivity index (χ1v) is 8.34. The number of fused-ring (bicyclic) bond motifs is 1. The van der Waals surface area contributed by atoms with Crippen LogP contribution in [0.2, 0.25) is 0 Å². The third-order valence-corrected chi connectivity index (χ3v) is 4.80. The van der Waals surface area contributed by atoms with Crippen LogP contribution in [0.15, 0.2) is 15.9 Å². The third kappa shape index (κ3) is 2.73. The highest BCUT2D eigenvalue weighted by Gasteiger charge is 2.31. The Hall–Kier alpha value is -1.89. The second-order valence-corrected chi connectivity index (χ2v) is 6.63. The molecule has 0 radical (unpaired) electrons. The predicted molar refractivity (Wildman–Crippen MR) is 87.6 cm³/mol. The summed E-state index contributed by atoms with van der Waals surface area (Å²) >= 11 is 0.